The summed E-state index contributed by atoms with van der Waals surface area (Å²) in [6.07, 6.45) is 2.26. The van der Waals surface area contributed by atoms with Crippen LogP contribution in [-0.2, 0) is 27.1 Å². The van der Waals surface area contributed by atoms with Crippen molar-refractivity contribution in [3.63, 3.8) is 0 Å². The summed E-state index contributed by atoms with van der Waals surface area (Å²) < 4.78 is 7.51. The van der Waals surface area contributed by atoms with E-state index in [-0.39, 0.29) is 33.8 Å². The maximum absolute atomic E-state index is 7.51. The molecule has 9 aromatic carbocycles. The van der Waals surface area contributed by atoms with Gasteiger partial charge < -0.3 is 9.32 Å². The summed E-state index contributed by atoms with van der Waals surface area (Å²) >= 11 is 0. The molecule has 404 valence electrons. The highest BCUT2D eigenvalue weighted by atomic mass is 28.3. The van der Waals surface area contributed by atoms with Gasteiger partial charge >= 0.3 is 0 Å². The van der Waals surface area contributed by atoms with Crippen LogP contribution in [0.15, 0.2) is 211 Å². The smallest absolute Gasteiger partial charge is 0.257 e. The van der Waals surface area contributed by atoms with Crippen molar-refractivity contribution in [2.45, 2.75) is 130 Å². The van der Waals surface area contributed by atoms with E-state index < -0.39 is 8.07 Å². The highest BCUT2D eigenvalue weighted by molar-refractivity contribution is 7.20. The van der Waals surface area contributed by atoms with Gasteiger partial charge in [-0.15, -0.1) is 0 Å². The molecule has 0 amide bonds. The van der Waals surface area contributed by atoms with Gasteiger partial charge in [0.1, 0.15) is 5.58 Å². The van der Waals surface area contributed by atoms with Crippen molar-refractivity contribution in [1.82, 2.24) is 0 Å². The Labute approximate surface area is 483 Å². The zero-order valence-corrected chi connectivity index (χ0v) is 50.9. The second kappa shape index (κ2) is 18.7. The number of rotatable bonds is 7. The highest BCUT2D eigenvalue weighted by Gasteiger charge is 2.49. The van der Waals surface area contributed by atoms with Gasteiger partial charge in [0.15, 0.2) is 8.07 Å². The maximum Gasteiger partial charge on any atom is 0.257 e. The van der Waals surface area contributed by atoms with Gasteiger partial charge in [0, 0.05) is 39.3 Å². The molecule has 0 saturated heterocycles. The first kappa shape index (κ1) is 52.8. The molecule has 0 bridgehead atoms. The molecule has 3 heterocycles. The minimum Gasteiger partial charge on any atom is -0.440 e. The lowest BCUT2D eigenvalue weighted by Gasteiger charge is -2.47. The summed E-state index contributed by atoms with van der Waals surface area (Å²) in [4.78, 5) is 5.13. The minimum absolute atomic E-state index is 0.00627. The lowest BCUT2D eigenvalue weighted by Crippen LogP contribution is -2.74. The van der Waals surface area contributed by atoms with Crippen molar-refractivity contribution >= 4 is 97.2 Å². The minimum atomic E-state index is -2.90. The van der Waals surface area contributed by atoms with Crippen molar-refractivity contribution < 1.29 is 4.42 Å². The van der Waals surface area contributed by atoms with Gasteiger partial charge in [0.25, 0.3) is 6.71 Å². The summed E-state index contributed by atoms with van der Waals surface area (Å²) in [7, 11) is -2.90. The average molecular weight is 1070 g/mol. The van der Waals surface area contributed by atoms with E-state index in [1.54, 1.807) is 0 Å². The molecule has 0 N–H and O–H groups in total. The molecule has 0 fully saturated rings. The molecule has 3 aliphatic rings. The van der Waals surface area contributed by atoms with E-state index in [0.717, 1.165) is 46.9 Å². The van der Waals surface area contributed by atoms with E-state index in [9.17, 15) is 0 Å². The van der Waals surface area contributed by atoms with Gasteiger partial charge in [-0.25, -0.2) is 0 Å². The van der Waals surface area contributed by atoms with Crippen molar-refractivity contribution in [3.05, 3.63) is 234 Å². The van der Waals surface area contributed by atoms with Crippen LogP contribution in [0.1, 0.15) is 131 Å². The van der Waals surface area contributed by atoms with Gasteiger partial charge in [-0.3, -0.25) is 4.90 Å². The quantitative estimate of drug-likeness (QED) is 0.117. The molecule has 2 aliphatic heterocycles. The van der Waals surface area contributed by atoms with E-state index in [0.29, 0.717) is 0 Å². The van der Waals surface area contributed by atoms with E-state index in [1.165, 1.54) is 87.3 Å². The average Bonchev–Trinajstić information content (AvgIpc) is 3.72. The van der Waals surface area contributed by atoms with Gasteiger partial charge in [-0.2, -0.15) is 0 Å². The predicted octanol–water partition coefficient (Wildman–Crippen LogP) is 15.8. The maximum atomic E-state index is 7.51. The Morgan fingerprint density at radius 1 is 0.407 bits per heavy atom. The standard InChI is InChI=1S/C76H77BN2OSi/c1-72(2,3)52-32-37-55(38-33-52)78-65-49-63-62(75(10,11)42-43-76(63,12)13)48-64(65)77-69-61-47-54(74(7,8)9)36-41-68(61)80-71(69)79(56-39-34-53(35-40-56)73(4,5)6)67-46-51(45-66(78)70(67)77)50-24-23-31-60(44-50)81(57-25-17-14-18-26-57,58-27-19-15-20-28-58)59-29-21-16-22-30-59/h14-41,44-49H,42-43H2,1-13H3. The zero-order valence-electron chi connectivity index (χ0n) is 49.9. The second-order valence-corrected chi connectivity index (χ2v) is 31.9. The van der Waals surface area contributed by atoms with Gasteiger partial charge in [-0.1, -0.05) is 242 Å². The van der Waals surface area contributed by atoms with E-state index in [2.05, 4.69) is 306 Å². The monoisotopic (exact) mass is 1070 g/mol. The van der Waals surface area contributed by atoms with Crippen LogP contribution in [0.3, 0.4) is 0 Å². The number of hydrogen-bond donors (Lipinski definition) is 0. The third kappa shape index (κ3) is 8.59. The molecular formula is C76H77BN2OSi. The first-order chi connectivity index (χ1) is 38.5. The molecule has 0 spiro atoms. The van der Waals surface area contributed by atoms with Crippen LogP contribution >= 0.6 is 0 Å². The fourth-order valence-electron chi connectivity index (χ4n) is 14.0. The molecule has 81 heavy (non-hydrogen) atoms. The van der Waals surface area contributed by atoms with Gasteiger partial charge in [-0.05, 0) is 165 Å². The summed E-state index contributed by atoms with van der Waals surface area (Å²) in [6.45, 7) is 30.6. The second-order valence-electron chi connectivity index (χ2n) is 28.1. The number of anilines is 6. The molecule has 13 rings (SSSR count). The van der Waals surface area contributed by atoms with E-state index in [1.807, 2.05) is 0 Å². The number of nitrogens with zero attached hydrogens (tertiary/aromatic N) is 2. The van der Waals surface area contributed by atoms with Crippen molar-refractivity contribution in [3.8, 4) is 11.1 Å². The van der Waals surface area contributed by atoms with Crippen LogP contribution in [0, 0.1) is 0 Å². The van der Waals surface area contributed by atoms with Crippen LogP contribution in [0.2, 0.25) is 0 Å². The molecule has 5 heteroatoms. The van der Waals surface area contributed by atoms with Gasteiger partial charge in [0.2, 0.25) is 5.88 Å². The Hall–Kier alpha value is -7.60. The lowest BCUT2D eigenvalue weighted by atomic mass is 9.33. The zero-order chi connectivity index (χ0) is 56.6. The number of furan rings is 1. The number of benzene rings is 9. The fraction of sp³-hybridized carbons (Fsp3) is 0.263. The van der Waals surface area contributed by atoms with Crippen LogP contribution in [0.5, 0.6) is 0 Å². The highest BCUT2D eigenvalue weighted by Crippen LogP contribution is 2.52. The molecule has 0 unspecified atom stereocenters. The normalized spacial score (nSPS) is 15.5. The van der Waals surface area contributed by atoms with Crippen molar-refractivity contribution in [2.75, 3.05) is 9.80 Å². The Kier molecular flexibility index (Phi) is 12.2. The first-order valence-electron chi connectivity index (χ1n) is 29.6. The molecular weight excluding hydrogens is 996 g/mol. The predicted molar refractivity (Wildman–Crippen MR) is 351 cm³/mol. The van der Waals surface area contributed by atoms with Crippen LogP contribution in [0.4, 0.5) is 34.3 Å². The fourth-order valence-corrected chi connectivity index (χ4v) is 18.8. The summed E-state index contributed by atoms with van der Waals surface area (Å²) in [5.74, 6) is 0.892. The first-order valence-corrected chi connectivity index (χ1v) is 31.6. The molecule has 1 aromatic heterocycles. The summed E-state index contributed by atoms with van der Waals surface area (Å²) in [6, 6.07) is 79.7. The molecule has 0 atom stereocenters. The topological polar surface area (TPSA) is 19.6 Å². The molecule has 10 aromatic rings. The third-order valence-electron chi connectivity index (χ3n) is 18.8. The molecule has 0 radical (unpaired) electrons. The Balaban J connectivity index is 1.17. The molecule has 3 nitrogen and oxygen atoms in total. The van der Waals surface area contributed by atoms with E-state index in [4.69, 9.17) is 4.42 Å². The lowest BCUT2D eigenvalue weighted by molar-refractivity contribution is 0.332. The number of hydrogen-bond acceptors (Lipinski definition) is 3. The molecule has 1 aliphatic carbocycles. The van der Waals surface area contributed by atoms with Crippen LogP contribution in [0.25, 0.3) is 22.1 Å². The summed E-state index contributed by atoms with van der Waals surface area (Å²) in [5.41, 5.74) is 19.7. The number of fused-ring (bicyclic) bond motifs is 7. The van der Waals surface area contributed by atoms with Crippen molar-refractivity contribution in [1.29, 1.82) is 0 Å². The van der Waals surface area contributed by atoms with E-state index >= 15 is 0 Å². The van der Waals surface area contributed by atoms with Gasteiger partial charge in [0.05, 0.1) is 0 Å². The largest absolute Gasteiger partial charge is 0.440 e. The Morgan fingerprint density at radius 2 is 0.864 bits per heavy atom. The van der Waals surface area contributed by atoms with Crippen LogP contribution in [-0.4, -0.2) is 14.8 Å². The third-order valence-corrected chi connectivity index (χ3v) is 23.5. The van der Waals surface area contributed by atoms with Crippen molar-refractivity contribution in [2.24, 2.45) is 0 Å². The Morgan fingerprint density at radius 3 is 1.37 bits per heavy atom. The molecule has 0 saturated carbocycles. The SMILES string of the molecule is CC(C)(C)c1ccc(N2c3cc4c(cc3B3c5c2cc(-c2cccc([Si](c6ccccc6)(c6ccccc6)c6ccccc6)c2)cc5N(c2ccc(C(C)(C)C)cc2)c2oc5ccc(C(C)(C)C)cc5c23)C(C)(C)CCC4(C)C)cc1. The summed E-state index contributed by atoms with van der Waals surface area (Å²) in [5, 5.41) is 6.60. The van der Waals surface area contributed by atoms with Crippen LogP contribution < -0.4 is 46.9 Å². The Bertz CT molecular complexity index is 3940.